The van der Waals surface area contributed by atoms with Crippen molar-refractivity contribution in [2.24, 2.45) is 11.5 Å². The maximum absolute atomic E-state index is 6.08. The van der Waals surface area contributed by atoms with Crippen LogP contribution in [0.25, 0.3) is 11.1 Å². The van der Waals surface area contributed by atoms with Gasteiger partial charge in [0.25, 0.3) is 0 Å². The summed E-state index contributed by atoms with van der Waals surface area (Å²) in [4.78, 5) is 0. The largest absolute Gasteiger partial charge is 0.313 e. The molecular formula is C19H22N2. The molecule has 2 heteroatoms. The van der Waals surface area contributed by atoms with E-state index in [-0.39, 0.29) is 0 Å². The van der Waals surface area contributed by atoms with E-state index >= 15 is 0 Å². The lowest BCUT2D eigenvalue weighted by Gasteiger charge is -2.34. The monoisotopic (exact) mass is 278 g/mol. The van der Waals surface area contributed by atoms with Crippen LogP contribution in [0.2, 0.25) is 0 Å². The zero-order valence-corrected chi connectivity index (χ0v) is 12.3. The van der Waals surface area contributed by atoms with E-state index in [1.165, 1.54) is 27.8 Å². The molecule has 0 unspecified atom stereocenters. The summed E-state index contributed by atoms with van der Waals surface area (Å²) in [6.45, 7) is 0. The van der Waals surface area contributed by atoms with Crippen molar-refractivity contribution in [2.75, 3.05) is 0 Å². The summed E-state index contributed by atoms with van der Waals surface area (Å²) < 4.78 is 0. The number of benzene rings is 2. The summed E-state index contributed by atoms with van der Waals surface area (Å²) >= 11 is 0. The Labute approximate surface area is 126 Å². The van der Waals surface area contributed by atoms with Crippen LogP contribution in [0.3, 0.4) is 0 Å². The molecule has 2 aliphatic carbocycles. The van der Waals surface area contributed by atoms with E-state index in [4.69, 9.17) is 11.5 Å². The Hall–Kier alpha value is -1.64. The molecule has 108 valence electrons. The fourth-order valence-corrected chi connectivity index (χ4v) is 4.03. The first-order chi connectivity index (χ1) is 10.1. The Kier molecular flexibility index (Phi) is 2.91. The number of fused-ring (bicyclic) bond motifs is 3. The van der Waals surface area contributed by atoms with Crippen molar-refractivity contribution >= 4 is 0 Å². The first kappa shape index (κ1) is 13.1. The molecule has 1 fully saturated rings. The summed E-state index contributed by atoms with van der Waals surface area (Å²) in [5, 5.41) is 0. The van der Waals surface area contributed by atoms with Crippen molar-refractivity contribution in [1.82, 2.24) is 0 Å². The summed E-state index contributed by atoms with van der Waals surface area (Å²) in [6, 6.07) is 15.6. The third-order valence-corrected chi connectivity index (χ3v) is 5.24. The Morgan fingerprint density at radius 2 is 1.57 bits per heavy atom. The normalized spacial score (nSPS) is 20.1. The second-order valence-corrected chi connectivity index (χ2v) is 6.71. The maximum atomic E-state index is 6.08. The van der Waals surface area contributed by atoms with E-state index < -0.39 is 5.66 Å². The van der Waals surface area contributed by atoms with Gasteiger partial charge in [0.1, 0.15) is 0 Å². The minimum atomic E-state index is -0.447. The second-order valence-electron chi connectivity index (χ2n) is 6.71. The Bertz CT molecular complexity index is 678. The average Bonchev–Trinajstić information content (AvgIpc) is 2.86. The Morgan fingerprint density at radius 3 is 2.38 bits per heavy atom. The van der Waals surface area contributed by atoms with Gasteiger partial charge in [-0.25, -0.2) is 0 Å². The average molecular weight is 278 g/mol. The van der Waals surface area contributed by atoms with Crippen LogP contribution in [-0.4, -0.2) is 5.66 Å². The van der Waals surface area contributed by atoms with E-state index in [1.807, 2.05) is 0 Å². The molecule has 2 aromatic rings. The van der Waals surface area contributed by atoms with Crippen LogP contribution >= 0.6 is 0 Å². The van der Waals surface area contributed by atoms with Gasteiger partial charge < -0.3 is 11.5 Å². The fourth-order valence-electron chi connectivity index (χ4n) is 4.03. The highest BCUT2D eigenvalue weighted by molar-refractivity contribution is 5.78. The highest BCUT2D eigenvalue weighted by atomic mass is 15.0. The van der Waals surface area contributed by atoms with Crippen LogP contribution < -0.4 is 11.5 Å². The van der Waals surface area contributed by atoms with Crippen LogP contribution in [0.15, 0.2) is 42.5 Å². The molecule has 0 atom stereocenters. The lowest BCUT2D eigenvalue weighted by molar-refractivity contribution is 0.280. The van der Waals surface area contributed by atoms with Crippen LogP contribution in [0.4, 0.5) is 0 Å². The zero-order valence-electron chi connectivity index (χ0n) is 12.3. The van der Waals surface area contributed by atoms with Crippen molar-refractivity contribution in [1.29, 1.82) is 0 Å². The SMILES string of the molecule is NC1(N)CCC(c2cccc3c2Cc2ccccc2-3)CC1. The van der Waals surface area contributed by atoms with Gasteiger partial charge in [-0.3, -0.25) is 0 Å². The van der Waals surface area contributed by atoms with Gasteiger partial charge in [0.15, 0.2) is 0 Å². The van der Waals surface area contributed by atoms with E-state index in [2.05, 4.69) is 42.5 Å². The van der Waals surface area contributed by atoms with E-state index in [0.29, 0.717) is 5.92 Å². The third-order valence-electron chi connectivity index (χ3n) is 5.24. The minimum absolute atomic E-state index is 0.447. The smallest absolute Gasteiger partial charge is 0.0637 e. The highest BCUT2D eigenvalue weighted by Crippen LogP contribution is 2.43. The van der Waals surface area contributed by atoms with E-state index in [1.54, 1.807) is 0 Å². The lowest BCUT2D eigenvalue weighted by Crippen LogP contribution is -2.51. The molecule has 0 aliphatic heterocycles. The minimum Gasteiger partial charge on any atom is -0.313 e. The predicted molar refractivity (Wildman–Crippen MR) is 87.0 cm³/mol. The molecule has 1 saturated carbocycles. The molecule has 0 amide bonds. The van der Waals surface area contributed by atoms with Gasteiger partial charge in [0, 0.05) is 0 Å². The van der Waals surface area contributed by atoms with Gasteiger partial charge in [-0.15, -0.1) is 0 Å². The molecular weight excluding hydrogens is 256 g/mol. The van der Waals surface area contributed by atoms with Crippen LogP contribution in [-0.2, 0) is 6.42 Å². The van der Waals surface area contributed by atoms with Crippen molar-refractivity contribution in [3.63, 3.8) is 0 Å². The van der Waals surface area contributed by atoms with Crippen molar-refractivity contribution in [3.8, 4) is 11.1 Å². The third kappa shape index (κ3) is 2.19. The number of nitrogens with two attached hydrogens (primary N) is 2. The van der Waals surface area contributed by atoms with Crippen LogP contribution in [0.5, 0.6) is 0 Å². The van der Waals surface area contributed by atoms with E-state index in [9.17, 15) is 0 Å². The van der Waals surface area contributed by atoms with Crippen LogP contribution in [0, 0.1) is 0 Å². The zero-order chi connectivity index (χ0) is 14.4. The molecule has 2 aliphatic rings. The first-order valence-corrected chi connectivity index (χ1v) is 7.92. The Morgan fingerprint density at radius 1 is 0.857 bits per heavy atom. The predicted octanol–water partition coefficient (Wildman–Crippen LogP) is 3.53. The molecule has 0 bridgehead atoms. The second kappa shape index (κ2) is 4.69. The van der Waals surface area contributed by atoms with Gasteiger partial charge in [0.05, 0.1) is 5.66 Å². The molecule has 0 radical (unpaired) electrons. The highest BCUT2D eigenvalue weighted by Gasteiger charge is 2.31. The van der Waals surface area contributed by atoms with Crippen molar-refractivity contribution in [3.05, 3.63) is 59.2 Å². The quantitative estimate of drug-likeness (QED) is 0.669. The number of rotatable bonds is 1. The topological polar surface area (TPSA) is 52.0 Å². The summed E-state index contributed by atoms with van der Waals surface area (Å²) in [5.74, 6) is 0.620. The molecule has 4 N–H and O–H groups in total. The van der Waals surface area contributed by atoms with Gasteiger partial charge in [-0.05, 0) is 65.8 Å². The Balaban J connectivity index is 1.71. The molecule has 4 rings (SSSR count). The molecule has 0 saturated heterocycles. The summed E-state index contributed by atoms with van der Waals surface area (Å²) in [5.41, 5.74) is 19.1. The van der Waals surface area contributed by atoms with Gasteiger partial charge >= 0.3 is 0 Å². The molecule has 21 heavy (non-hydrogen) atoms. The molecule has 0 heterocycles. The number of hydrogen-bond donors (Lipinski definition) is 2. The number of hydrogen-bond acceptors (Lipinski definition) is 2. The lowest BCUT2D eigenvalue weighted by atomic mass is 9.77. The molecule has 0 spiro atoms. The van der Waals surface area contributed by atoms with Gasteiger partial charge in [-0.2, -0.15) is 0 Å². The van der Waals surface area contributed by atoms with Crippen molar-refractivity contribution in [2.45, 2.75) is 43.7 Å². The fraction of sp³-hybridized carbons (Fsp3) is 0.368. The van der Waals surface area contributed by atoms with E-state index in [0.717, 1.165) is 32.1 Å². The summed E-state index contributed by atoms with van der Waals surface area (Å²) in [7, 11) is 0. The molecule has 2 nitrogen and oxygen atoms in total. The summed E-state index contributed by atoms with van der Waals surface area (Å²) in [6.07, 6.45) is 5.15. The maximum Gasteiger partial charge on any atom is 0.0637 e. The van der Waals surface area contributed by atoms with Crippen molar-refractivity contribution < 1.29 is 0 Å². The first-order valence-electron chi connectivity index (χ1n) is 7.92. The molecule has 2 aromatic carbocycles. The van der Waals surface area contributed by atoms with Gasteiger partial charge in [-0.1, -0.05) is 42.5 Å². The molecule has 0 aromatic heterocycles. The standard InChI is InChI=1S/C19H22N2/c20-19(21)10-8-13(9-11-19)15-6-3-7-17-16-5-2-1-4-14(16)12-18(15)17/h1-7,13H,8-12,20-21H2. The van der Waals surface area contributed by atoms with Crippen LogP contribution in [0.1, 0.15) is 48.3 Å². The van der Waals surface area contributed by atoms with Gasteiger partial charge in [0.2, 0.25) is 0 Å².